The van der Waals surface area contributed by atoms with E-state index in [0.717, 1.165) is 38.4 Å². The molecule has 0 aliphatic carbocycles. The van der Waals surface area contributed by atoms with Crippen molar-refractivity contribution >= 4 is 23.2 Å². The van der Waals surface area contributed by atoms with Gasteiger partial charge >= 0.3 is 0 Å². The van der Waals surface area contributed by atoms with Gasteiger partial charge in [-0.25, -0.2) is 0 Å². The van der Waals surface area contributed by atoms with E-state index >= 15 is 0 Å². The molecule has 1 aromatic carbocycles. The molecule has 0 bridgehead atoms. The predicted octanol–water partition coefficient (Wildman–Crippen LogP) is 2.42. The van der Waals surface area contributed by atoms with Gasteiger partial charge in [0.1, 0.15) is 5.41 Å². The Hall–Kier alpha value is -2.08. The molecule has 2 saturated heterocycles. The van der Waals surface area contributed by atoms with Gasteiger partial charge in [-0.3, -0.25) is 9.59 Å². The Balaban J connectivity index is 1.59. The normalized spacial score (nSPS) is 18.6. The third-order valence-electron chi connectivity index (χ3n) is 5.81. The molecule has 6 heteroatoms. The van der Waals surface area contributed by atoms with Crippen LogP contribution in [0.2, 0.25) is 0 Å². The van der Waals surface area contributed by atoms with Gasteiger partial charge < -0.3 is 20.0 Å². The lowest BCUT2D eigenvalue weighted by atomic mass is 9.89. The summed E-state index contributed by atoms with van der Waals surface area (Å²) in [5, 5.41) is 2.92. The fourth-order valence-corrected chi connectivity index (χ4v) is 3.78. The maximum absolute atomic E-state index is 12.9. The zero-order valence-corrected chi connectivity index (χ0v) is 16.8. The second kappa shape index (κ2) is 8.30. The van der Waals surface area contributed by atoms with Gasteiger partial charge in [0.05, 0.1) is 0 Å². The number of likely N-dealkylation sites (N-methyl/N-ethyl adjacent to an activating group) is 1. The third-order valence-corrected chi connectivity index (χ3v) is 5.81. The maximum atomic E-state index is 12.9. The van der Waals surface area contributed by atoms with Crippen molar-refractivity contribution in [2.24, 2.45) is 5.41 Å². The van der Waals surface area contributed by atoms with Crippen LogP contribution in [0.3, 0.4) is 0 Å². The fraction of sp³-hybridized carbons (Fsp3) is 0.619. The number of nitrogens with one attached hydrogen (secondary N) is 1. The minimum Gasteiger partial charge on any atom is -0.372 e. The molecular formula is C21H32N4O2. The van der Waals surface area contributed by atoms with E-state index in [0.29, 0.717) is 13.1 Å². The van der Waals surface area contributed by atoms with Crippen molar-refractivity contribution in [1.29, 1.82) is 0 Å². The van der Waals surface area contributed by atoms with E-state index in [1.807, 2.05) is 29.2 Å². The highest BCUT2D eigenvalue weighted by atomic mass is 16.2. The lowest BCUT2D eigenvalue weighted by Gasteiger charge is -2.37. The summed E-state index contributed by atoms with van der Waals surface area (Å²) in [4.78, 5) is 32.2. The number of nitrogens with zero attached hydrogens (tertiary/aromatic N) is 3. The summed E-state index contributed by atoms with van der Waals surface area (Å²) in [6.07, 6.45) is 2.47. The molecule has 2 heterocycles. The number of amides is 2. The molecule has 2 aliphatic rings. The largest absolute Gasteiger partial charge is 0.372 e. The Kier molecular flexibility index (Phi) is 6.05. The molecule has 0 saturated carbocycles. The van der Waals surface area contributed by atoms with E-state index < -0.39 is 5.41 Å². The average molecular weight is 373 g/mol. The summed E-state index contributed by atoms with van der Waals surface area (Å²) in [5.41, 5.74) is 0.844. The number of hydrogen-bond donors (Lipinski definition) is 1. The van der Waals surface area contributed by atoms with Gasteiger partial charge in [-0.05, 0) is 57.5 Å². The Morgan fingerprint density at radius 3 is 2.11 bits per heavy atom. The van der Waals surface area contributed by atoms with Crippen LogP contribution < -0.4 is 10.2 Å². The molecule has 2 amide bonds. The molecule has 1 aromatic rings. The van der Waals surface area contributed by atoms with Crippen molar-refractivity contribution < 1.29 is 9.59 Å². The lowest BCUT2D eigenvalue weighted by Crippen LogP contribution is -2.54. The van der Waals surface area contributed by atoms with Crippen molar-refractivity contribution in [3.63, 3.8) is 0 Å². The minimum absolute atomic E-state index is 0.0931. The number of piperazine rings is 1. The van der Waals surface area contributed by atoms with Gasteiger partial charge in [0.25, 0.3) is 0 Å². The third kappa shape index (κ3) is 4.43. The fourth-order valence-electron chi connectivity index (χ4n) is 3.78. The average Bonchev–Trinajstić information content (AvgIpc) is 3.22. The van der Waals surface area contributed by atoms with Crippen molar-refractivity contribution in [2.45, 2.75) is 33.6 Å². The van der Waals surface area contributed by atoms with Gasteiger partial charge in [-0.2, -0.15) is 0 Å². The maximum Gasteiger partial charge on any atom is 0.239 e. The van der Waals surface area contributed by atoms with Crippen molar-refractivity contribution in [1.82, 2.24) is 9.80 Å². The Morgan fingerprint density at radius 1 is 0.963 bits per heavy atom. The summed E-state index contributed by atoms with van der Waals surface area (Å²) in [6, 6.07) is 7.93. The second-order valence-electron chi connectivity index (χ2n) is 8.05. The van der Waals surface area contributed by atoms with E-state index in [4.69, 9.17) is 0 Å². The van der Waals surface area contributed by atoms with Crippen molar-refractivity contribution in [3.8, 4) is 0 Å². The molecule has 2 aliphatic heterocycles. The van der Waals surface area contributed by atoms with Gasteiger partial charge in [0.2, 0.25) is 11.8 Å². The molecule has 2 fully saturated rings. The first kappa shape index (κ1) is 19.7. The van der Waals surface area contributed by atoms with Crippen LogP contribution in [-0.2, 0) is 9.59 Å². The quantitative estimate of drug-likeness (QED) is 0.807. The smallest absolute Gasteiger partial charge is 0.239 e. The first-order chi connectivity index (χ1) is 12.9. The number of hydrogen-bond acceptors (Lipinski definition) is 4. The second-order valence-corrected chi connectivity index (χ2v) is 8.05. The highest BCUT2D eigenvalue weighted by Gasteiger charge is 2.40. The number of rotatable bonds is 5. The van der Waals surface area contributed by atoms with Crippen LogP contribution in [0, 0.1) is 5.41 Å². The minimum atomic E-state index is -1.08. The summed E-state index contributed by atoms with van der Waals surface area (Å²) < 4.78 is 0. The molecule has 3 rings (SSSR count). The first-order valence-corrected chi connectivity index (χ1v) is 10.1. The molecular weight excluding hydrogens is 340 g/mol. The topological polar surface area (TPSA) is 55.9 Å². The van der Waals surface area contributed by atoms with E-state index in [1.165, 1.54) is 18.5 Å². The molecule has 0 atom stereocenters. The van der Waals surface area contributed by atoms with Crippen molar-refractivity contribution in [3.05, 3.63) is 24.3 Å². The van der Waals surface area contributed by atoms with Gasteiger partial charge in [-0.15, -0.1) is 0 Å². The summed E-state index contributed by atoms with van der Waals surface area (Å²) in [7, 11) is 0. The van der Waals surface area contributed by atoms with Crippen molar-refractivity contribution in [2.75, 3.05) is 56.0 Å². The summed E-state index contributed by atoms with van der Waals surface area (Å²) in [5.74, 6) is -0.344. The monoisotopic (exact) mass is 372 g/mol. The zero-order valence-electron chi connectivity index (χ0n) is 16.8. The van der Waals surface area contributed by atoms with E-state index in [-0.39, 0.29) is 11.8 Å². The first-order valence-electron chi connectivity index (χ1n) is 10.1. The zero-order chi connectivity index (χ0) is 19.4. The Morgan fingerprint density at radius 2 is 1.56 bits per heavy atom. The predicted molar refractivity (Wildman–Crippen MR) is 109 cm³/mol. The number of carbonyl (C=O) groups is 2. The van der Waals surface area contributed by atoms with Crippen LogP contribution in [0.4, 0.5) is 11.4 Å². The van der Waals surface area contributed by atoms with Crippen LogP contribution >= 0.6 is 0 Å². The van der Waals surface area contributed by atoms with E-state index in [9.17, 15) is 9.59 Å². The Bertz CT molecular complexity index is 657. The van der Waals surface area contributed by atoms with E-state index in [1.54, 1.807) is 13.8 Å². The molecule has 1 N–H and O–H groups in total. The molecule has 6 nitrogen and oxygen atoms in total. The van der Waals surface area contributed by atoms with Crippen LogP contribution in [0.25, 0.3) is 0 Å². The van der Waals surface area contributed by atoms with Gasteiger partial charge in [0.15, 0.2) is 0 Å². The molecule has 27 heavy (non-hydrogen) atoms. The van der Waals surface area contributed by atoms with Gasteiger partial charge in [0, 0.05) is 50.6 Å². The molecule has 0 radical (unpaired) electrons. The molecule has 148 valence electrons. The number of anilines is 2. The molecule has 0 aromatic heterocycles. The van der Waals surface area contributed by atoms with Crippen LogP contribution in [0.5, 0.6) is 0 Å². The molecule has 0 unspecified atom stereocenters. The van der Waals surface area contributed by atoms with Crippen LogP contribution in [-0.4, -0.2) is 67.4 Å². The summed E-state index contributed by atoms with van der Waals surface area (Å²) in [6.45, 7) is 11.9. The summed E-state index contributed by atoms with van der Waals surface area (Å²) >= 11 is 0. The highest BCUT2D eigenvalue weighted by molar-refractivity contribution is 6.09. The highest BCUT2D eigenvalue weighted by Crippen LogP contribution is 2.25. The van der Waals surface area contributed by atoms with Crippen LogP contribution in [0.15, 0.2) is 24.3 Å². The van der Waals surface area contributed by atoms with E-state index in [2.05, 4.69) is 22.0 Å². The lowest BCUT2D eigenvalue weighted by molar-refractivity contribution is -0.147. The Labute approximate surface area is 162 Å². The van der Waals surface area contributed by atoms with Gasteiger partial charge in [-0.1, -0.05) is 6.92 Å². The SMILES string of the molecule is CCN1CCN(C(=O)C(C)(C)C(=O)Nc2ccc(N3CCCC3)cc2)CC1. The molecule has 0 spiro atoms. The number of benzene rings is 1. The number of carbonyl (C=O) groups excluding carboxylic acids is 2. The standard InChI is InChI=1S/C21H32N4O2/c1-4-23-13-15-25(16-14-23)20(27)21(2,3)19(26)22-17-7-9-18(10-8-17)24-11-5-6-12-24/h7-10H,4-6,11-16H2,1-3H3,(H,22,26). The van der Waals surface area contributed by atoms with Crippen LogP contribution in [0.1, 0.15) is 33.6 Å².